The molecule has 0 saturated carbocycles. The number of carbonyl (C=O) groups excluding carboxylic acids is 1. The molecule has 2 aromatic heterocycles. The fourth-order valence-electron chi connectivity index (χ4n) is 3.12. The number of hydrogen-bond donors (Lipinski definition) is 4. The highest BCUT2D eigenvalue weighted by Gasteiger charge is 2.16. The first-order valence-electron chi connectivity index (χ1n) is 8.76. The van der Waals surface area contributed by atoms with Crippen LogP contribution in [0.1, 0.15) is 12.0 Å². The molecule has 3 aromatic rings. The third kappa shape index (κ3) is 3.19. The molecule has 0 spiro atoms. The molecule has 0 radical (unpaired) electrons. The zero-order valence-corrected chi connectivity index (χ0v) is 15.2. The Labute approximate surface area is 156 Å². The van der Waals surface area contributed by atoms with Crippen LogP contribution >= 0.6 is 0 Å². The van der Waals surface area contributed by atoms with E-state index in [0.717, 1.165) is 42.3 Å². The Morgan fingerprint density at radius 2 is 2.15 bits per heavy atom. The first kappa shape index (κ1) is 17.0. The maximum atomic E-state index is 11.7. The normalized spacial score (nSPS) is 12.8. The van der Waals surface area contributed by atoms with Crippen LogP contribution < -0.4 is 26.0 Å². The van der Waals surface area contributed by atoms with Crippen molar-refractivity contribution in [2.24, 2.45) is 0 Å². The van der Waals surface area contributed by atoms with Crippen LogP contribution in [-0.4, -0.2) is 41.3 Å². The predicted molar refractivity (Wildman–Crippen MR) is 104 cm³/mol. The van der Waals surface area contributed by atoms with Gasteiger partial charge in [0.2, 0.25) is 0 Å². The van der Waals surface area contributed by atoms with Gasteiger partial charge in [-0.3, -0.25) is 0 Å². The summed E-state index contributed by atoms with van der Waals surface area (Å²) in [5.74, 6) is 2.30. The summed E-state index contributed by atoms with van der Waals surface area (Å²) in [5, 5.41) is 16.0. The molecule has 1 aliphatic heterocycles. The summed E-state index contributed by atoms with van der Waals surface area (Å²) in [6, 6.07) is 7.50. The second-order valence-corrected chi connectivity index (χ2v) is 6.13. The van der Waals surface area contributed by atoms with E-state index in [1.165, 1.54) is 0 Å². The molecule has 2 amide bonds. The molecule has 0 unspecified atom stereocenters. The fourth-order valence-corrected chi connectivity index (χ4v) is 3.12. The molecule has 9 nitrogen and oxygen atoms in total. The molecule has 4 N–H and O–H groups in total. The summed E-state index contributed by atoms with van der Waals surface area (Å²) < 4.78 is 7.38. The lowest BCUT2D eigenvalue weighted by atomic mass is 10.0. The topological polar surface area (TPSA) is 105 Å². The lowest BCUT2D eigenvalue weighted by molar-refractivity contribution is 0.254. The molecule has 3 heterocycles. The minimum absolute atomic E-state index is 0.328. The van der Waals surface area contributed by atoms with Crippen LogP contribution in [0.4, 0.5) is 27.8 Å². The molecule has 0 aliphatic carbocycles. The van der Waals surface area contributed by atoms with Gasteiger partial charge in [0.05, 0.1) is 12.8 Å². The van der Waals surface area contributed by atoms with E-state index < -0.39 is 0 Å². The van der Waals surface area contributed by atoms with Crippen molar-refractivity contribution in [3.63, 3.8) is 0 Å². The van der Waals surface area contributed by atoms with Gasteiger partial charge in [0.25, 0.3) is 0 Å². The minimum atomic E-state index is -0.328. The van der Waals surface area contributed by atoms with E-state index in [0.29, 0.717) is 17.2 Å². The number of nitrogens with zero attached hydrogens (tertiary/aromatic N) is 3. The van der Waals surface area contributed by atoms with Crippen molar-refractivity contribution in [2.45, 2.75) is 12.8 Å². The number of aromatic nitrogens is 3. The van der Waals surface area contributed by atoms with Crippen molar-refractivity contribution in [1.29, 1.82) is 0 Å². The van der Waals surface area contributed by atoms with Crippen molar-refractivity contribution in [3.05, 3.63) is 36.0 Å². The Morgan fingerprint density at radius 3 is 2.96 bits per heavy atom. The van der Waals surface area contributed by atoms with Gasteiger partial charge in [-0.05, 0) is 25.0 Å². The number of carbonyl (C=O) groups is 1. The molecule has 1 aromatic carbocycles. The Balaban J connectivity index is 1.74. The van der Waals surface area contributed by atoms with Gasteiger partial charge in [-0.25, -0.2) is 9.78 Å². The molecule has 9 heteroatoms. The lowest BCUT2D eigenvalue weighted by Gasteiger charge is -2.20. The number of nitrogens with one attached hydrogen (secondary N) is 4. The first-order chi connectivity index (χ1) is 13.2. The van der Waals surface area contributed by atoms with Gasteiger partial charge in [-0.15, -0.1) is 0 Å². The number of benzene rings is 1. The SMILES string of the molecule is CNC(=O)Nc1cnn2c(NC)cc(Nc3cccc4c3CCCO4)nc12. The molecular weight excluding hydrogens is 346 g/mol. The number of hydrogen-bond acceptors (Lipinski definition) is 6. The number of fused-ring (bicyclic) bond motifs is 2. The van der Waals surface area contributed by atoms with Crippen molar-refractivity contribution < 1.29 is 9.53 Å². The number of urea groups is 1. The first-order valence-corrected chi connectivity index (χ1v) is 8.76. The largest absolute Gasteiger partial charge is 0.493 e. The van der Waals surface area contributed by atoms with E-state index in [9.17, 15) is 4.79 Å². The second-order valence-electron chi connectivity index (χ2n) is 6.13. The molecular formula is C18H21N7O2. The monoisotopic (exact) mass is 367 g/mol. The van der Waals surface area contributed by atoms with E-state index >= 15 is 0 Å². The molecule has 0 saturated heterocycles. The predicted octanol–water partition coefficient (Wildman–Crippen LogP) is 2.59. The molecule has 0 fully saturated rings. The number of anilines is 4. The zero-order chi connectivity index (χ0) is 18.8. The summed E-state index contributed by atoms with van der Waals surface area (Å²) in [4.78, 5) is 16.3. The van der Waals surface area contributed by atoms with Crippen molar-refractivity contribution in [2.75, 3.05) is 36.7 Å². The second kappa shape index (κ2) is 7.02. The highest BCUT2D eigenvalue weighted by atomic mass is 16.5. The van der Waals surface area contributed by atoms with Gasteiger partial charge in [0, 0.05) is 31.4 Å². The highest BCUT2D eigenvalue weighted by Crippen LogP contribution is 2.33. The van der Waals surface area contributed by atoms with Gasteiger partial charge in [-0.1, -0.05) is 6.07 Å². The van der Waals surface area contributed by atoms with Crippen LogP contribution in [0, 0.1) is 0 Å². The highest BCUT2D eigenvalue weighted by molar-refractivity contribution is 5.93. The molecule has 140 valence electrons. The van der Waals surface area contributed by atoms with Crippen LogP contribution in [0.2, 0.25) is 0 Å². The van der Waals surface area contributed by atoms with Gasteiger partial charge >= 0.3 is 6.03 Å². The Bertz CT molecular complexity index is 999. The quantitative estimate of drug-likeness (QED) is 0.565. The average Bonchev–Trinajstić information content (AvgIpc) is 3.10. The van der Waals surface area contributed by atoms with E-state index in [1.54, 1.807) is 17.8 Å². The van der Waals surface area contributed by atoms with Crippen molar-refractivity contribution in [3.8, 4) is 5.75 Å². The fraction of sp³-hybridized carbons (Fsp3) is 0.278. The Hall–Kier alpha value is -3.49. The van der Waals surface area contributed by atoms with Crippen LogP contribution in [0.25, 0.3) is 5.65 Å². The zero-order valence-electron chi connectivity index (χ0n) is 15.2. The average molecular weight is 367 g/mol. The molecule has 0 bridgehead atoms. The summed E-state index contributed by atoms with van der Waals surface area (Å²) >= 11 is 0. The third-order valence-electron chi connectivity index (χ3n) is 4.43. The smallest absolute Gasteiger partial charge is 0.319 e. The summed E-state index contributed by atoms with van der Waals surface area (Å²) in [6.45, 7) is 0.745. The molecule has 0 atom stereocenters. The van der Waals surface area contributed by atoms with E-state index in [4.69, 9.17) is 4.74 Å². The van der Waals surface area contributed by atoms with Crippen LogP contribution in [0.5, 0.6) is 5.75 Å². The molecule has 4 rings (SSSR count). The van der Waals surface area contributed by atoms with E-state index in [-0.39, 0.29) is 6.03 Å². The maximum absolute atomic E-state index is 11.7. The van der Waals surface area contributed by atoms with Gasteiger partial charge in [0.15, 0.2) is 5.65 Å². The van der Waals surface area contributed by atoms with Gasteiger partial charge in [-0.2, -0.15) is 9.61 Å². The molecule has 27 heavy (non-hydrogen) atoms. The number of ether oxygens (including phenoxy) is 1. The van der Waals surface area contributed by atoms with Crippen LogP contribution in [-0.2, 0) is 6.42 Å². The maximum Gasteiger partial charge on any atom is 0.319 e. The minimum Gasteiger partial charge on any atom is -0.493 e. The van der Waals surface area contributed by atoms with Crippen molar-refractivity contribution >= 4 is 34.7 Å². The molecule has 1 aliphatic rings. The van der Waals surface area contributed by atoms with E-state index in [1.807, 2.05) is 31.3 Å². The van der Waals surface area contributed by atoms with Crippen LogP contribution in [0.15, 0.2) is 30.5 Å². The van der Waals surface area contributed by atoms with Crippen LogP contribution in [0.3, 0.4) is 0 Å². The summed E-state index contributed by atoms with van der Waals surface area (Å²) in [5.41, 5.74) is 3.17. The third-order valence-corrected chi connectivity index (χ3v) is 4.43. The van der Waals surface area contributed by atoms with E-state index in [2.05, 4.69) is 31.3 Å². The van der Waals surface area contributed by atoms with Crippen molar-refractivity contribution in [1.82, 2.24) is 19.9 Å². The Morgan fingerprint density at radius 1 is 1.26 bits per heavy atom. The standard InChI is InChI=1S/C18H21N7O2/c1-19-16-9-15(22-12-6-3-7-14-11(12)5-4-8-27-14)24-17-13(10-21-25(16)17)23-18(26)20-2/h3,6-7,9-10,19H,4-5,8H2,1-2H3,(H,22,24)(H2,20,23,26). The Kier molecular flexibility index (Phi) is 4.41. The lowest BCUT2D eigenvalue weighted by Crippen LogP contribution is -2.24. The van der Waals surface area contributed by atoms with Gasteiger partial charge in [0.1, 0.15) is 23.1 Å². The number of rotatable bonds is 4. The number of amides is 2. The summed E-state index contributed by atoms with van der Waals surface area (Å²) in [6.07, 6.45) is 3.51. The summed E-state index contributed by atoms with van der Waals surface area (Å²) in [7, 11) is 3.37. The van der Waals surface area contributed by atoms with Gasteiger partial charge < -0.3 is 26.0 Å².